The molecule has 0 radical (unpaired) electrons. The van der Waals surface area contributed by atoms with E-state index in [9.17, 15) is 18.3 Å². The van der Waals surface area contributed by atoms with Gasteiger partial charge in [-0.3, -0.25) is 14.1 Å². The van der Waals surface area contributed by atoms with E-state index in [1.54, 1.807) is 43.1 Å². The van der Waals surface area contributed by atoms with Gasteiger partial charge < -0.3 is 14.7 Å². The number of carbonyl (C=O) groups excluding carboxylic acids is 1. The molecule has 0 saturated carbocycles. The first-order valence-electron chi connectivity index (χ1n) is 10.3. The summed E-state index contributed by atoms with van der Waals surface area (Å²) in [6.07, 6.45) is 4.12. The van der Waals surface area contributed by atoms with Crippen LogP contribution in [0.15, 0.2) is 47.6 Å². The Hall–Kier alpha value is -2.65. The van der Waals surface area contributed by atoms with Gasteiger partial charge in [-0.15, -0.1) is 0 Å². The fraction of sp³-hybridized carbons (Fsp3) is 0.455. The summed E-state index contributed by atoms with van der Waals surface area (Å²) in [5.74, 6) is 0.432. The van der Waals surface area contributed by atoms with Crippen LogP contribution in [-0.4, -0.2) is 54.6 Å². The first kappa shape index (κ1) is 21.6. The van der Waals surface area contributed by atoms with Crippen molar-refractivity contribution in [1.82, 2.24) is 9.88 Å². The Morgan fingerprint density at radius 1 is 1.26 bits per heavy atom. The van der Waals surface area contributed by atoms with Crippen LogP contribution in [0.3, 0.4) is 0 Å². The maximum absolute atomic E-state index is 13.3. The molecule has 1 saturated heterocycles. The second-order valence-electron chi connectivity index (χ2n) is 8.52. The highest BCUT2D eigenvalue weighted by molar-refractivity contribution is 7.92. The fourth-order valence-electron chi connectivity index (χ4n) is 4.20. The Morgan fingerprint density at radius 2 is 2.03 bits per heavy atom. The number of aliphatic hydroxyl groups is 1. The molecule has 4 rings (SSSR count). The fourth-order valence-corrected chi connectivity index (χ4v) is 5.42. The second kappa shape index (κ2) is 7.80. The molecule has 0 spiro atoms. The maximum atomic E-state index is 13.3. The molecule has 2 atom stereocenters. The van der Waals surface area contributed by atoms with Crippen molar-refractivity contribution < 1.29 is 23.1 Å². The largest absolute Gasteiger partial charge is 0.485 e. The normalized spacial score (nSPS) is 23.1. The number of ether oxygens (including phenoxy) is 1. The van der Waals surface area contributed by atoms with E-state index in [1.165, 1.54) is 25.4 Å². The summed E-state index contributed by atoms with van der Waals surface area (Å²) in [6, 6.07) is 7.26. The Kier molecular flexibility index (Phi) is 5.43. The Morgan fingerprint density at radius 3 is 2.71 bits per heavy atom. The van der Waals surface area contributed by atoms with Crippen LogP contribution in [0.1, 0.15) is 44.7 Å². The molecule has 31 heavy (non-hydrogen) atoms. The summed E-state index contributed by atoms with van der Waals surface area (Å²) in [7, 11) is -2.42. The minimum absolute atomic E-state index is 0.0420. The van der Waals surface area contributed by atoms with Crippen molar-refractivity contribution >= 4 is 21.6 Å². The van der Waals surface area contributed by atoms with Crippen LogP contribution in [0.25, 0.3) is 0 Å². The highest BCUT2D eigenvalue weighted by atomic mass is 32.2. The zero-order valence-electron chi connectivity index (χ0n) is 17.9. The average Bonchev–Trinajstić information content (AvgIpc) is 2.75. The van der Waals surface area contributed by atoms with Crippen LogP contribution < -0.4 is 9.04 Å². The molecule has 2 aliphatic heterocycles. The second-order valence-corrected chi connectivity index (χ2v) is 10.5. The minimum Gasteiger partial charge on any atom is -0.485 e. The van der Waals surface area contributed by atoms with E-state index in [-0.39, 0.29) is 10.8 Å². The molecule has 1 N–H and O–H groups in total. The third-order valence-corrected chi connectivity index (χ3v) is 7.83. The van der Waals surface area contributed by atoms with E-state index in [2.05, 4.69) is 4.98 Å². The van der Waals surface area contributed by atoms with Crippen LogP contribution in [0.4, 0.5) is 5.69 Å². The molecule has 0 unspecified atom stereocenters. The van der Waals surface area contributed by atoms with E-state index in [0.29, 0.717) is 30.0 Å². The SMILES string of the molecule is CN(c1cccnc1)S(=O)(=O)c1ccc2c(c1)[C@H](N1CCCCC1=O)[C@@H](O)C(C)(C)O2. The molecule has 1 aromatic carbocycles. The number of piperidine rings is 1. The number of likely N-dealkylation sites (tertiary alicyclic amines) is 1. The number of rotatable bonds is 4. The van der Waals surface area contributed by atoms with Crippen molar-refractivity contribution in [2.75, 3.05) is 17.9 Å². The van der Waals surface area contributed by atoms with Gasteiger partial charge in [0.1, 0.15) is 17.5 Å². The van der Waals surface area contributed by atoms with E-state index in [4.69, 9.17) is 4.74 Å². The summed E-state index contributed by atoms with van der Waals surface area (Å²) in [5, 5.41) is 11.1. The predicted octanol–water partition coefficient (Wildman–Crippen LogP) is 2.49. The number of aliphatic hydroxyl groups excluding tert-OH is 1. The summed E-state index contributed by atoms with van der Waals surface area (Å²) < 4.78 is 33.7. The van der Waals surface area contributed by atoms with Gasteiger partial charge >= 0.3 is 0 Å². The molecule has 1 fully saturated rings. The number of anilines is 1. The van der Waals surface area contributed by atoms with Crippen molar-refractivity contribution in [3.63, 3.8) is 0 Å². The molecule has 9 heteroatoms. The third kappa shape index (κ3) is 3.76. The minimum atomic E-state index is -3.89. The molecular formula is C22H27N3O5S. The summed E-state index contributed by atoms with van der Waals surface area (Å²) >= 11 is 0. The van der Waals surface area contributed by atoms with Gasteiger partial charge in [-0.05, 0) is 57.0 Å². The molecule has 166 valence electrons. The van der Waals surface area contributed by atoms with Gasteiger partial charge in [0.2, 0.25) is 5.91 Å². The van der Waals surface area contributed by atoms with E-state index in [1.807, 2.05) is 0 Å². The zero-order valence-corrected chi connectivity index (χ0v) is 18.7. The smallest absolute Gasteiger partial charge is 0.264 e. The highest BCUT2D eigenvalue weighted by Crippen LogP contribution is 2.45. The topological polar surface area (TPSA) is 100 Å². The lowest BCUT2D eigenvalue weighted by molar-refractivity contribution is -0.147. The van der Waals surface area contributed by atoms with Gasteiger partial charge in [-0.25, -0.2) is 8.42 Å². The van der Waals surface area contributed by atoms with Crippen molar-refractivity contribution in [1.29, 1.82) is 0 Å². The highest BCUT2D eigenvalue weighted by Gasteiger charge is 2.47. The summed E-state index contributed by atoms with van der Waals surface area (Å²) in [6.45, 7) is 4.05. The van der Waals surface area contributed by atoms with Crippen LogP contribution in [0.5, 0.6) is 5.75 Å². The maximum Gasteiger partial charge on any atom is 0.264 e. The van der Waals surface area contributed by atoms with Gasteiger partial charge in [0.15, 0.2) is 0 Å². The number of benzene rings is 1. The summed E-state index contributed by atoms with van der Waals surface area (Å²) in [5.41, 5.74) is 0.00517. The Labute approximate surface area is 182 Å². The van der Waals surface area contributed by atoms with E-state index >= 15 is 0 Å². The number of fused-ring (bicyclic) bond motifs is 1. The van der Waals surface area contributed by atoms with Crippen molar-refractivity contribution in [3.05, 3.63) is 48.3 Å². The lowest BCUT2D eigenvalue weighted by Gasteiger charge is -2.47. The molecule has 8 nitrogen and oxygen atoms in total. The number of hydrogen-bond acceptors (Lipinski definition) is 6. The standard InChI is InChI=1S/C22H27N3O5S/c1-22(2)21(27)20(25-12-5-4-8-19(25)26)17-13-16(9-10-18(17)30-22)31(28,29)24(3)15-7-6-11-23-14-15/h6-7,9-11,13-14,20-21,27H,4-5,8,12H2,1-3H3/t20-,21+/m0/s1. The molecule has 0 aliphatic carbocycles. The van der Waals surface area contributed by atoms with E-state index in [0.717, 1.165) is 17.1 Å². The number of amides is 1. The summed E-state index contributed by atoms with van der Waals surface area (Å²) in [4.78, 5) is 18.4. The van der Waals surface area contributed by atoms with Gasteiger partial charge in [0, 0.05) is 31.8 Å². The van der Waals surface area contributed by atoms with Gasteiger partial charge in [0.05, 0.1) is 22.8 Å². The monoisotopic (exact) mass is 445 g/mol. The van der Waals surface area contributed by atoms with Crippen molar-refractivity contribution in [3.8, 4) is 5.75 Å². The molecule has 0 bridgehead atoms. The number of pyridine rings is 1. The zero-order chi connectivity index (χ0) is 22.4. The quantitative estimate of drug-likeness (QED) is 0.776. The number of sulfonamides is 1. The molecule has 1 aromatic heterocycles. The van der Waals surface area contributed by atoms with Crippen LogP contribution in [0.2, 0.25) is 0 Å². The van der Waals surface area contributed by atoms with Crippen molar-refractivity contribution in [2.45, 2.75) is 55.8 Å². The first-order valence-corrected chi connectivity index (χ1v) is 11.8. The van der Waals surface area contributed by atoms with Gasteiger partial charge in [-0.1, -0.05) is 0 Å². The number of carbonyl (C=O) groups is 1. The van der Waals surface area contributed by atoms with Crippen molar-refractivity contribution in [2.24, 2.45) is 0 Å². The average molecular weight is 446 g/mol. The third-order valence-electron chi connectivity index (χ3n) is 6.05. The Balaban J connectivity index is 1.79. The van der Waals surface area contributed by atoms with Crippen LogP contribution in [0, 0.1) is 0 Å². The molecule has 2 aliphatic rings. The lowest BCUT2D eigenvalue weighted by Crippen LogP contribution is -2.55. The molecule has 1 amide bonds. The molecule has 2 aromatic rings. The first-order chi connectivity index (χ1) is 14.6. The Bertz CT molecular complexity index is 1090. The molecular weight excluding hydrogens is 418 g/mol. The number of nitrogens with zero attached hydrogens (tertiary/aromatic N) is 3. The van der Waals surface area contributed by atoms with E-state index < -0.39 is 27.8 Å². The van der Waals surface area contributed by atoms with Crippen LogP contribution >= 0.6 is 0 Å². The van der Waals surface area contributed by atoms with Gasteiger partial charge in [0.25, 0.3) is 10.0 Å². The predicted molar refractivity (Wildman–Crippen MR) is 115 cm³/mol. The molecule has 3 heterocycles. The lowest BCUT2D eigenvalue weighted by atomic mass is 9.84. The number of aromatic nitrogens is 1. The van der Waals surface area contributed by atoms with Crippen LogP contribution in [-0.2, 0) is 14.8 Å². The number of hydrogen-bond donors (Lipinski definition) is 1. The van der Waals surface area contributed by atoms with Gasteiger partial charge in [-0.2, -0.15) is 0 Å².